The van der Waals surface area contributed by atoms with Gasteiger partial charge in [0.2, 0.25) is 11.5 Å². The lowest BCUT2D eigenvalue weighted by Gasteiger charge is -2.06. The average Bonchev–Trinajstić information content (AvgIpc) is 3.26. The summed E-state index contributed by atoms with van der Waals surface area (Å²) in [4.78, 5) is 38.2. The van der Waals surface area contributed by atoms with Crippen LogP contribution in [0, 0.1) is 6.92 Å². The van der Waals surface area contributed by atoms with Crippen LogP contribution >= 0.6 is 0 Å². The molecule has 0 radical (unpaired) electrons. The highest BCUT2D eigenvalue weighted by atomic mass is 16.5. The van der Waals surface area contributed by atoms with Gasteiger partial charge in [0.05, 0.1) is 25.4 Å². The van der Waals surface area contributed by atoms with E-state index >= 15 is 0 Å². The van der Waals surface area contributed by atoms with Crippen LogP contribution in [0.4, 0.5) is 0 Å². The second kappa shape index (κ2) is 8.35. The molecule has 8 heteroatoms. The molecule has 0 fully saturated rings. The number of aryl methyl sites for hydroxylation is 1. The van der Waals surface area contributed by atoms with Crippen molar-refractivity contribution in [1.82, 2.24) is 14.3 Å². The summed E-state index contributed by atoms with van der Waals surface area (Å²) < 4.78 is 13.0. The average molecular weight is 419 g/mol. The van der Waals surface area contributed by atoms with Crippen LogP contribution in [0.1, 0.15) is 27.2 Å². The van der Waals surface area contributed by atoms with Gasteiger partial charge in [0.1, 0.15) is 5.75 Å². The molecule has 2 aromatic heterocycles. The van der Waals surface area contributed by atoms with Crippen LogP contribution in [0.3, 0.4) is 0 Å². The number of oxazole rings is 1. The van der Waals surface area contributed by atoms with Crippen LogP contribution in [0.25, 0.3) is 5.71 Å². The normalized spacial score (nSPS) is 10.9. The fourth-order valence-corrected chi connectivity index (χ4v) is 3.29. The fourth-order valence-electron chi connectivity index (χ4n) is 3.29. The molecule has 2 heterocycles. The Morgan fingerprint density at radius 2 is 1.74 bits per heavy atom. The number of aromatic nitrogens is 2. The van der Waals surface area contributed by atoms with Crippen molar-refractivity contribution in [1.29, 1.82) is 0 Å². The van der Waals surface area contributed by atoms with E-state index in [0.29, 0.717) is 0 Å². The monoisotopic (exact) mass is 419 g/mol. The highest BCUT2D eigenvalue weighted by molar-refractivity contribution is 5.91. The Morgan fingerprint density at radius 3 is 2.42 bits per heavy atom. The summed E-state index contributed by atoms with van der Waals surface area (Å²) in [5.41, 5.74) is 1.00. The Kier molecular flexibility index (Phi) is 5.44. The molecule has 0 aliphatic carbocycles. The van der Waals surface area contributed by atoms with Gasteiger partial charge in [-0.15, -0.1) is 0 Å². The summed E-state index contributed by atoms with van der Waals surface area (Å²) in [7, 11) is 1.58. The zero-order chi connectivity index (χ0) is 22.0. The van der Waals surface area contributed by atoms with Gasteiger partial charge in [-0.2, -0.15) is 0 Å². The zero-order valence-corrected chi connectivity index (χ0v) is 17.1. The number of methoxy groups -OCH3 is 1. The van der Waals surface area contributed by atoms with Crippen LogP contribution in [0.15, 0.2) is 74.8 Å². The molecule has 4 rings (SSSR count). The van der Waals surface area contributed by atoms with Crippen LogP contribution in [-0.4, -0.2) is 22.0 Å². The maximum atomic E-state index is 12.9. The van der Waals surface area contributed by atoms with Crippen LogP contribution in [0.2, 0.25) is 0 Å². The maximum Gasteiger partial charge on any atom is 0.338 e. The summed E-state index contributed by atoms with van der Waals surface area (Å²) in [6.07, 6.45) is 1.31. The van der Waals surface area contributed by atoms with Crippen molar-refractivity contribution in [3.63, 3.8) is 0 Å². The minimum atomic E-state index is -0.563. The number of benzene rings is 2. The number of ether oxygens (including phenoxy) is 1. The summed E-state index contributed by atoms with van der Waals surface area (Å²) in [5, 5.41) is 2.75. The third-order valence-corrected chi connectivity index (χ3v) is 5.01. The number of amides is 1. The quantitative estimate of drug-likeness (QED) is 0.518. The van der Waals surface area contributed by atoms with E-state index in [4.69, 9.17) is 9.15 Å². The number of carbonyl (C=O) groups is 1. The predicted molar refractivity (Wildman–Crippen MR) is 115 cm³/mol. The Balaban J connectivity index is 1.61. The molecule has 0 aliphatic heterocycles. The number of fused-ring (bicyclic) bond motifs is 1. The van der Waals surface area contributed by atoms with Gasteiger partial charge in [-0.05, 0) is 30.2 Å². The highest BCUT2D eigenvalue weighted by Crippen LogP contribution is 2.13. The number of hydrogen-bond acceptors (Lipinski definition) is 5. The van der Waals surface area contributed by atoms with Gasteiger partial charge in [0.25, 0.3) is 11.5 Å². The molecular weight excluding hydrogens is 398 g/mol. The van der Waals surface area contributed by atoms with Gasteiger partial charge in [0, 0.05) is 6.54 Å². The molecule has 4 aromatic rings. The minimum absolute atomic E-state index is 0.0504. The molecule has 1 amide bonds. The molecule has 0 spiro atoms. The standard InChI is InChI=1S/C23H21N3O5/c1-15-21(28)25(13-17-6-4-3-5-7-17)23(29)26-14-19(31-22(15)26)20(27)24-12-16-8-10-18(30-2)11-9-16/h3-11,14H,12-13H2,1-2H3,(H,24,27). The molecule has 0 atom stereocenters. The highest BCUT2D eigenvalue weighted by Gasteiger charge is 2.19. The molecule has 158 valence electrons. The van der Waals surface area contributed by atoms with Crippen molar-refractivity contribution in [3.8, 4) is 5.75 Å². The van der Waals surface area contributed by atoms with Crippen LogP contribution < -0.4 is 21.3 Å². The van der Waals surface area contributed by atoms with Crippen molar-refractivity contribution in [2.24, 2.45) is 0 Å². The van der Waals surface area contributed by atoms with E-state index in [1.165, 1.54) is 10.6 Å². The maximum absolute atomic E-state index is 12.9. The van der Waals surface area contributed by atoms with Gasteiger partial charge in [-0.3, -0.25) is 14.2 Å². The molecular formula is C23H21N3O5. The molecule has 0 saturated carbocycles. The van der Waals surface area contributed by atoms with Gasteiger partial charge in [-0.25, -0.2) is 9.20 Å². The Hall–Kier alpha value is -4.07. The van der Waals surface area contributed by atoms with Crippen molar-refractivity contribution in [2.45, 2.75) is 20.0 Å². The van der Waals surface area contributed by atoms with Gasteiger partial charge in [0.15, 0.2) is 0 Å². The Bertz CT molecular complexity index is 1350. The van der Waals surface area contributed by atoms with E-state index in [-0.39, 0.29) is 30.1 Å². The zero-order valence-electron chi connectivity index (χ0n) is 17.1. The summed E-state index contributed by atoms with van der Waals surface area (Å²) >= 11 is 0. The number of carbonyl (C=O) groups excluding carboxylic acids is 1. The van der Waals surface area contributed by atoms with E-state index in [1.54, 1.807) is 26.2 Å². The second-order valence-electron chi connectivity index (χ2n) is 7.09. The lowest BCUT2D eigenvalue weighted by molar-refractivity contribution is 0.0925. The molecule has 0 saturated heterocycles. The Labute approximate surface area is 177 Å². The van der Waals surface area contributed by atoms with E-state index in [9.17, 15) is 14.4 Å². The van der Waals surface area contributed by atoms with Crippen LogP contribution in [-0.2, 0) is 13.1 Å². The van der Waals surface area contributed by atoms with Gasteiger partial charge < -0.3 is 14.5 Å². The summed E-state index contributed by atoms with van der Waals surface area (Å²) in [5.74, 6) is 0.186. The second-order valence-corrected chi connectivity index (χ2v) is 7.09. The smallest absolute Gasteiger partial charge is 0.338 e. The van der Waals surface area contributed by atoms with Gasteiger partial charge in [-0.1, -0.05) is 42.5 Å². The number of nitrogens with zero attached hydrogens (tertiary/aromatic N) is 2. The van der Waals surface area contributed by atoms with E-state index in [1.807, 2.05) is 42.5 Å². The summed E-state index contributed by atoms with van der Waals surface area (Å²) in [6.45, 7) is 1.97. The number of hydrogen-bond donors (Lipinski definition) is 1. The SMILES string of the molecule is COc1ccc(CNC(=O)c2cn3c(=O)n(Cc4ccccc4)c(=O)c(C)c3o2)cc1. The lowest BCUT2D eigenvalue weighted by atomic mass is 10.2. The summed E-state index contributed by atoms with van der Waals surface area (Å²) in [6, 6.07) is 16.5. The topological polar surface area (TPSA) is 95.0 Å². The molecule has 0 bridgehead atoms. The first-order chi connectivity index (χ1) is 15.0. The number of rotatable bonds is 6. The lowest BCUT2D eigenvalue weighted by Crippen LogP contribution is -2.38. The minimum Gasteiger partial charge on any atom is -0.497 e. The largest absolute Gasteiger partial charge is 0.497 e. The fraction of sp³-hybridized carbons (Fsp3) is 0.174. The van der Waals surface area contributed by atoms with Gasteiger partial charge >= 0.3 is 5.69 Å². The molecule has 31 heavy (non-hydrogen) atoms. The third-order valence-electron chi connectivity index (χ3n) is 5.01. The molecule has 8 nitrogen and oxygen atoms in total. The van der Waals surface area contributed by atoms with E-state index in [0.717, 1.165) is 21.4 Å². The Morgan fingerprint density at radius 1 is 1.03 bits per heavy atom. The molecule has 1 N–H and O–H groups in total. The predicted octanol–water partition coefficient (Wildman–Crippen LogP) is 2.35. The van der Waals surface area contributed by atoms with E-state index < -0.39 is 17.2 Å². The van der Waals surface area contributed by atoms with Crippen molar-refractivity contribution < 1.29 is 13.9 Å². The van der Waals surface area contributed by atoms with Crippen molar-refractivity contribution in [2.75, 3.05) is 7.11 Å². The van der Waals surface area contributed by atoms with E-state index in [2.05, 4.69) is 5.32 Å². The first-order valence-electron chi connectivity index (χ1n) is 9.68. The first-order valence-corrected chi connectivity index (χ1v) is 9.68. The molecule has 2 aromatic carbocycles. The number of nitrogens with one attached hydrogen (secondary N) is 1. The van der Waals surface area contributed by atoms with Crippen molar-refractivity contribution in [3.05, 3.63) is 104 Å². The first kappa shape index (κ1) is 20.2. The van der Waals surface area contributed by atoms with Crippen molar-refractivity contribution >= 4 is 11.6 Å². The third kappa shape index (κ3) is 4.00. The molecule has 0 aliphatic rings. The molecule has 0 unspecified atom stereocenters. The van der Waals surface area contributed by atoms with Crippen LogP contribution in [0.5, 0.6) is 5.75 Å².